The Morgan fingerprint density at radius 3 is 2.41 bits per heavy atom. The van der Waals surface area contributed by atoms with Crippen molar-refractivity contribution >= 4 is 11.9 Å². The minimum absolute atomic E-state index is 0.0411. The molecule has 0 heterocycles. The average Bonchev–Trinajstić information content (AvgIpc) is 2.22. The van der Waals surface area contributed by atoms with Gasteiger partial charge in [-0.15, -0.1) is 0 Å². The third kappa shape index (κ3) is 6.23. The molecule has 0 aliphatic rings. The van der Waals surface area contributed by atoms with Gasteiger partial charge in [-0.1, -0.05) is 20.3 Å². The first-order chi connectivity index (χ1) is 7.69. The molecule has 0 aromatic carbocycles. The summed E-state index contributed by atoms with van der Waals surface area (Å²) in [6.07, 6.45) is 0.353. The van der Waals surface area contributed by atoms with Crippen LogP contribution in [0.3, 0.4) is 0 Å². The first kappa shape index (κ1) is 15.9. The lowest BCUT2D eigenvalue weighted by Gasteiger charge is -2.24. The number of carboxylic acids is 1. The predicted octanol–water partition coefficient (Wildman–Crippen LogP) is -0.298. The van der Waals surface area contributed by atoms with Crippen LogP contribution in [0.5, 0.6) is 0 Å². The molecule has 1 amide bonds. The summed E-state index contributed by atoms with van der Waals surface area (Å²) in [4.78, 5) is 22.0. The molecule has 0 aliphatic heterocycles. The number of amides is 1. The van der Waals surface area contributed by atoms with Gasteiger partial charge >= 0.3 is 5.97 Å². The molecule has 0 saturated carbocycles. The van der Waals surface area contributed by atoms with E-state index in [1.165, 1.54) is 6.92 Å². The molecular weight excluding hydrogens is 224 g/mol. The van der Waals surface area contributed by atoms with Crippen molar-refractivity contribution in [2.75, 3.05) is 6.54 Å². The first-order valence-corrected chi connectivity index (χ1v) is 5.67. The van der Waals surface area contributed by atoms with E-state index < -0.39 is 24.0 Å². The van der Waals surface area contributed by atoms with E-state index in [0.29, 0.717) is 0 Å². The Kier molecular flexibility index (Phi) is 6.12. The SMILES string of the molecule is CC[C@H](C)[C@H](N)C(=O)NCC(C)(O)CC(=O)O. The Morgan fingerprint density at radius 1 is 1.47 bits per heavy atom. The third-order valence-electron chi connectivity index (χ3n) is 2.74. The number of carbonyl (C=O) groups is 2. The van der Waals surface area contributed by atoms with Crippen LogP contribution in [0.15, 0.2) is 0 Å². The van der Waals surface area contributed by atoms with Gasteiger partial charge in [0.2, 0.25) is 5.91 Å². The van der Waals surface area contributed by atoms with Crippen molar-refractivity contribution in [2.45, 2.75) is 45.3 Å². The molecule has 0 aromatic rings. The second kappa shape index (κ2) is 6.56. The Bertz CT molecular complexity index is 279. The van der Waals surface area contributed by atoms with E-state index in [9.17, 15) is 14.7 Å². The van der Waals surface area contributed by atoms with Crippen LogP contribution in [0, 0.1) is 5.92 Å². The van der Waals surface area contributed by atoms with Crippen molar-refractivity contribution in [3.8, 4) is 0 Å². The fourth-order valence-corrected chi connectivity index (χ4v) is 1.30. The average molecular weight is 246 g/mol. The maximum absolute atomic E-state index is 11.6. The number of aliphatic carboxylic acids is 1. The van der Waals surface area contributed by atoms with Crippen molar-refractivity contribution < 1.29 is 19.8 Å². The van der Waals surface area contributed by atoms with E-state index in [2.05, 4.69) is 5.32 Å². The standard InChI is InChI=1S/C11H22N2O4/c1-4-7(2)9(12)10(16)13-6-11(3,17)5-8(14)15/h7,9,17H,4-6,12H2,1-3H3,(H,13,16)(H,14,15)/t7-,9-,11?/m0/s1. The molecule has 1 unspecified atom stereocenters. The van der Waals surface area contributed by atoms with Crippen molar-refractivity contribution in [3.05, 3.63) is 0 Å². The van der Waals surface area contributed by atoms with Crippen LogP contribution in [0.1, 0.15) is 33.6 Å². The molecule has 6 nitrogen and oxygen atoms in total. The summed E-state index contributed by atoms with van der Waals surface area (Å²) in [6, 6.07) is -0.638. The summed E-state index contributed by atoms with van der Waals surface area (Å²) in [6.45, 7) is 5.02. The fraction of sp³-hybridized carbons (Fsp3) is 0.818. The molecule has 0 saturated heterocycles. The van der Waals surface area contributed by atoms with Crippen molar-refractivity contribution in [1.82, 2.24) is 5.32 Å². The monoisotopic (exact) mass is 246 g/mol. The van der Waals surface area contributed by atoms with E-state index in [0.717, 1.165) is 6.42 Å². The molecule has 3 atom stereocenters. The smallest absolute Gasteiger partial charge is 0.306 e. The highest BCUT2D eigenvalue weighted by molar-refractivity contribution is 5.81. The summed E-state index contributed by atoms with van der Waals surface area (Å²) >= 11 is 0. The summed E-state index contributed by atoms with van der Waals surface area (Å²) in [7, 11) is 0. The van der Waals surface area contributed by atoms with Gasteiger partial charge in [0.15, 0.2) is 0 Å². The fourth-order valence-electron chi connectivity index (χ4n) is 1.30. The Labute approximate surface area is 101 Å². The van der Waals surface area contributed by atoms with E-state index in [1.807, 2.05) is 13.8 Å². The lowest BCUT2D eigenvalue weighted by molar-refractivity contribution is -0.142. The van der Waals surface area contributed by atoms with Gasteiger partial charge in [-0.25, -0.2) is 0 Å². The van der Waals surface area contributed by atoms with Gasteiger partial charge in [-0.2, -0.15) is 0 Å². The largest absolute Gasteiger partial charge is 0.481 e. The highest BCUT2D eigenvalue weighted by Gasteiger charge is 2.27. The Balaban J connectivity index is 4.19. The molecular formula is C11H22N2O4. The van der Waals surface area contributed by atoms with Gasteiger partial charge in [0, 0.05) is 6.54 Å². The molecule has 0 fully saturated rings. The zero-order chi connectivity index (χ0) is 13.6. The molecule has 0 rings (SSSR count). The van der Waals surface area contributed by atoms with Gasteiger partial charge in [0.25, 0.3) is 0 Å². The summed E-state index contributed by atoms with van der Waals surface area (Å²) in [5, 5.41) is 20.7. The summed E-state index contributed by atoms with van der Waals surface area (Å²) in [5.74, 6) is -1.44. The van der Waals surface area contributed by atoms with Crippen LogP contribution in [0.4, 0.5) is 0 Å². The molecule has 0 spiro atoms. The summed E-state index contributed by atoms with van der Waals surface area (Å²) < 4.78 is 0. The Morgan fingerprint density at radius 2 is 2.00 bits per heavy atom. The zero-order valence-electron chi connectivity index (χ0n) is 10.6. The van der Waals surface area contributed by atoms with E-state index in [-0.39, 0.29) is 18.4 Å². The number of carboxylic acid groups (broad SMARTS) is 1. The maximum Gasteiger partial charge on any atom is 0.306 e. The minimum Gasteiger partial charge on any atom is -0.481 e. The summed E-state index contributed by atoms with van der Waals surface area (Å²) in [5.41, 5.74) is 4.23. The first-order valence-electron chi connectivity index (χ1n) is 5.67. The number of rotatable bonds is 7. The molecule has 6 heteroatoms. The minimum atomic E-state index is -1.46. The van der Waals surface area contributed by atoms with Crippen molar-refractivity contribution in [2.24, 2.45) is 11.7 Å². The van der Waals surface area contributed by atoms with Gasteiger partial charge in [-0.3, -0.25) is 9.59 Å². The van der Waals surface area contributed by atoms with E-state index in [1.54, 1.807) is 0 Å². The van der Waals surface area contributed by atoms with Gasteiger partial charge in [-0.05, 0) is 12.8 Å². The second-order valence-corrected chi connectivity index (χ2v) is 4.70. The highest BCUT2D eigenvalue weighted by atomic mass is 16.4. The molecule has 0 radical (unpaired) electrons. The molecule has 5 N–H and O–H groups in total. The van der Waals surface area contributed by atoms with Gasteiger partial charge in [0.1, 0.15) is 0 Å². The number of aliphatic hydroxyl groups is 1. The number of hydrogen-bond donors (Lipinski definition) is 4. The second-order valence-electron chi connectivity index (χ2n) is 4.70. The highest BCUT2D eigenvalue weighted by Crippen LogP contribution is 2.09. The van der Waals surface area contributed by atoms with E-state index in [4.69, 9.17) is 10.8 Å². The quantitative estimate of drug-likeness (QED) is 0.492. The van der Waals surface area contributed by atoms with Crippen LogP contribution in [-0.4, -0.2) is 40.3 Å². The van der Waals surface area contributed by atoms with Crippen molar-refractivity contribution in [3.63, 3.8) is 0 Å². The third-order valence-corrected chi connectivity index (χ3v) is 2.74. The molecule has 100 valence electrons. The molecule has 0 aliphatic carbocycles. The Hall–Kier alpha value is -1.14. The van der Waals surface area contributed by atoms with Gasteiger partial charge < -0.3 is 21.3 Å². The van der Waals surface area contributed by atoms with Gasteiger partial charge in [0.05, 0.1) is 18.1 Å². The van der Waals surface area contributed by atoms with Crippen LogP contribution in [0.2, 0.25) is 0 Å². The van der Waals surface area contributed by atoms with Crippen LogP contribution < -0.4 is 11.1 Å². The molecule has 0 bridgehead atoms. The van der Waals surface area contributed by atoms with Crippen LogP contribution >= 0.6 is 0 Å². The van der Waals surface area contributed by atoms with E-state index >= 15 is 0 Å². The number of hydrogen-bond acceptors (Lipinski definition) is 4. The maximum atomic E-state index is 11.6. The van der Waals surface area contributed by atoms with Crippen LogP contribution in [-0.2, 0) is 9.59 Å². The number of nitrogens with one attached hydrogen (secondary N) is 1. The molecule has 17 heavy (non-hydrogen) atoms. The topological polar surface area (TPSA) is 113 Å². The lowest BCUT2D eigenvalue weighted by atomic mass is 9.98. The predicted molar refractivity (Wildman–Crippen MR) is 63.3 cm³/mol. The number of nitrogens with two attached hydrogens (primary N) is 1. The zero-order valence-corrected chi connectivity index (χ0v) is 10.6. The number of carbonyl (C=O) groups excluding carboxylic acids is 1. The molecule has 0 aromatic heterocycles. The van der Waals surface area contributed by atoms with Crippen LogP contribution in [0.25, 0.3) is 0 Å². The lowest BCUT2D eigenvalue weighted by Crippen LogP contribution is -2.49. The van der Waals surface area contributed by atoms with Crippen molar-refractivity contribution in [1.29, 1.82) is 0 Å². The normalized spacial score (nSPS) is 17.9.